The number of anilines is 1. The van der Waals surface area contributed by atoms with E-state index in [2.05, 4.69) is 0 Å². The van der Waals surface area contributed by atoms with Crippen molar-refractivity contribution < 1.29 is 72.0 Å². The number of nitrogens with zero attached hydrogens (tertiary/aromatic N) is 3. The molecule has 1 aliphatic carbocycles. The maximum absolute atomic E-state index is 12.5. The van der Waals surface area contributed by atoms with Crippen LogP contribution in [0.3, 0.4) is 0 Å². The summed E-state index contributed by atoms with van der Waals surface area (Å²) in [7, 11) is -12.4. The summed E-state index contributed by atoms with van der Waals surface area (Å²) in [5.41, 5.74) is 1.85. The molecule has 1 saturated heterocycles. The lowest BCUT2D eigenvalue weighted by atomic mass is 9.77. The largest absolute Gasteiger partial charge is 0.748 e. The summed E-state index contributed by atoms with van der Waals surface area (Å²) in [6.45, 7) is 9.92. The second-order valence-corrected chi connectivity index (χ2v) is 22.4. The van der Waals surface area contributed by atoms with Crippen molar-refractivity contribution in [3.8, 4) is 11.3 Å². The number of carbonyl (C=O) groups excluding carboxylic acids is 3. The number of rotatable bonds is 24. The fraction of sp³-hybridized carbons (Fsp3) is 0.522. The summed E-state index contributed by atoms with van der Waals surface area (Å²) in [5, 5.41) is 1.19. The lowest BCUT2D eigenvalue weighted by Gasteiger charge is -2.31. The predicted molar refractivity (Wildman–Crippen MR) is 247 cm³/mol. The summed E-state index contributed by atoms with van der Waals surface area (Å²) in [4.78, 5) is 42.7. The van der Waals surface area contributed by atoms with E-state index in [0.29, 0.717) is 91.1 Å². The van der Waals surface area contributed by atoms with Gasteiger partial charge in [-0.15, -0.1) is 5.06 Å². The van der Waals surface area contributed by atoms with Crippen molar-refractivity contribution >= 4 is 59.9 Å². The third kappa shape index (κ3) is 14.8. The summed E-state index contributed by atoms with van der Waals surface area (Å²) in [6.07, 6.45) is 6.46. The summed E-state index contributed by atoms with van der Waals surface area (Å²) >= 11 is 0. The molecule has 0 N–H and O–H groups in total. The Morgan fingerprint density at radius 2 is 1.54 bits per heavy atom. The zero-order valence-corrected chi connectivity index (χ0v) is 41.3. The van der Waals surface area contributed by atoms with E-state index in [1.807, 2.05) is 54.5 Å². The average molecular weight is 1010 g/mol. The normalized spacial score (nSPS) is 18.1. The first-order valence-corrected chi connectivity index (χ1v) is 26.8. The quantitative estimate of drug-likeness (QED) is 0.0528. The van der Waals surface area contributed by atoms with Gasteiger partial charge in [0.25, 0.3) is 11.8 Å². The Morgan fingerprint density at radius 3 is 2.19 bits per heavy atom. The van der Waals surface area contributed by atoms with Gasteiger partial charge in [0.05, 0.1) is 44.4 Å². The van der Waals surface area contributed by atoms with E-state index >= 15 is 0 Å². The fourth-order valence-electron chi connectivity index (χ4n) is 8.36. The number of fused-ring (bicyclic) bond motifs is 2. The van der Waals surface area contributed by atoms with Crippen LogP contribution >= 0.6 is 0 Å². The highest BCUT2D eigenvalue weighted by Crippen LogP contribution is 2.51. The number of benzene rings is 2. The summed E-state index contributed by atoms with van der Waals surface area (Å²) in [6, 6.07) is 11.5. The number of amides is 2. The molecule has 1 unspecified atom stereocenters. The highest BCUT2D eigenvalue weighted by Gasteiger charge is 2.43. The minimum Gasteiger partial charge on any atom is -0.748 e. The first-order chi connectivity index (χ1) is 31.8. The van der Waals surface area contributed by atoms with Gasteiger partial charge in [-0.1, -0.05) is 33.3 Å². The molecule has 4 aliphatic rings. The number of methoxy groups -OCH3 is 1. The van der Waals surface area contributed by atoms with Crippen LogP contribution < -0.4 is 14.8 Å². The highest BCUT2D eigenvalue weighted by molar-refractivity contribution is 7.86. The fourth-order valence-corrected chi connectivity index (χ4v) is 9.84. The molecule has 1 aromatic carbocycles. The van der Waals surface area contributed by atoms with Crippen molar-refractivity contribution in [2.45, 2.75) is 101 Å². The molecule has 2 amide bonds. The highest BCUT2D eigenvalue weighted by atomic mass is 32.2. The number of imide groups is 1. The van der Waals surface area contributed by atoms with Crippen LogP contribution in [0.5, 0.6) is 0 Å². The molecular weight excluding hydrogens is 947 g/mol. The van der Waals surface area contributed by atoms with Crippen molar-refractivity contribution in [1.29, 1.82) is 0 Å². The third-order valence-corrected chi connectivity index (χ3v) is 14.2. The maximum Gasteiger partial charge on any atom is 0.333 e. The Balaban J connectivity index is 1.54. The molecule has 22 heteroatoms. The molecule has 5 rings (SSSR count). The minimum absolute atomic E-state index is 0.0333. The Labute approximate surface area is 398 Å². The number of unbranched alkanes of at least 4 members (excludes halogenated alkanes) is 2. The number of allylic oxidation sites excluding steroid dienone is 3. The zero-order chi connectivity index (χ0) is 50.1. The lowest BCUT2D eigenvalue weighted by Crippen LogP contribution is -2.35. The van der Waals surface area contributed by atoms with Gasteiger partial charge in [0.2, 0.25) is 5.36 Å². The maximum atomic E-state index is 12.5. The topological polar surface area (TPSA) is 273 Å². The standard InChI is InChI=1S/C46H61N3O16S3/c1-45(2,3)37-31-34(64-40-30-33(15-17-36(37)40)47(22-11-29-67(56,57)58)24-25-63-27-26-62-5)12-9-13-41-46(4,21-10-28-66(53,54)55)38-32-35(68(59,60)61)16-18-39(38)48(41)23-8-6-7-14-44(52)65-49-42(50)19-20-43(49)51/h9,12-13,15-18,30-32H,6-8,10-11,14,19-29H2,1-5H3,(H2-,53,54,55,56,57,58,59,60,61)/p-2. The summed E-state index contributed by atoms with van der Waals surface area (Å²) < 4.78 is 126. The molecule has 19 nitrogen and oxygen atoms in total. The van der Waals surface area contributed by atoms with E-state index in [4.69, 9.17) is 18.7 Å². The first-order valence-electron chi connectivity index (χ1n) is 22.2. The smallest absolute Gasteiger partial charge is 0.333 e. The molecule has 374 valence electrons. The molecule has 68 heavy (non-hydrogen) atoms. The Hall–Kier alpha value is -4.81. The molecule has 1 atom stereocenters. The van der Waals surface area contributed by atoms with E-state index in [0.717, 1.165) is 11.1 Å². The number of hydrogen-bond acceptors (Lipinski definition) is 17. The van der Waals surface area contributed by atoms with Gasteiger partial charge in [-0.25, -0.2) is 34.6 Å². The van der Waals surface area contributed by atoms with Crippen molar-refractivity contribution in [1.82, 2.24) is 9.64 Å². The van der Waals surface area contributed by atoms with Crippen molar-refractivity contribution in [3.63, 3.8) is 0 Å². The van der Waals surface area contributed by atoms with E-state index in [9.17, 15) is 53.3 Å². The van der Waals surface area contributed by atoms with Crippen molar-refractivity contribution in [3.05, 3.63) is 82.6 Å². The molecule has 1 aromatic rings. The second-order valence-electron chi connectivity index (χ2n) is 17.9. The molecule has 3 heterocycles. The van der Waals surface area contributed by atoms with Crippen molar-refractivity contribution in [2.75, 3.05) is 63.0 Å². The minimum atomic E-state index is -4.92. The van der Waals surface area contributed by atoms with Crippen LogP contribution in [0.15, 0.2) is 69.6 Å². The summed E-state index contributed by atoms with van der Waals surface area (Å²) in [5.74, 6) is -2.18. The van der Waals surface area contributed by atoms with Gasteiger partial charge in [0.1, 0.15) is 34.8 Å². The zero-order valence-electron chi connectivity index (χ0n) is 38.9. The van der Waals surface area contributed by atoms with Crippen LogP contribution in [0.25, 0.3) is 17.4 Å². The van der Waals surface area contributed by atoms with Gasteiger partial charge in [0.15, 0.2) is 6.54 Å². The number of carbonyl (C=O) groups is 3. The van der Waals surface area contributed by atoms with Gasteiger partial charge < -0.3 is 37.3 Å². The van der Waals surface area contributed by atoms with Gasteiger partial charge in [0, 0.05) is 79.3 Å². The average Bonchev–Trinajstić information content (AvgIpc) is 3.67. The molecule has 3 aliphatic heterocycles. The molecular formula is C46H59N3O16S3-2. The van der Waals surface area contributed by atoms with Crippen LogP contribution in [0.4, 0.5) is 5.69 Å². The van der Waals surface area contributed by atoms with Crippen LogP contribution in [-0.4, -0.2) is 120 Å². The van der Waals surface area contributed by atoms with Gasteiger partial charge >= 0.3 is 5.97 Å². The van der Waals surface area contributed by atoms with Crippen LogP contribution in [0.1, 0.15) is 102 Å². The number of ether oxygens (including phenoxy) is 2. The van der Waals surface area contributed by atoms with E-state index in [1.54, 1.807) is 32.3 Å². The van der Waals surface area contributed by atoms with Gasteiger partial charge in [-0.05, 0) is 91.6 Å². The molecule has 0 saturated carbocycles. The molecule has 0 aromatic heterocycles. The van der Waals surface area contributed by atoms with Crippen molar-refractivity contribution in [2.24, 2.45) is 0 Å². The molecule has 0 spiro atoms. The predicted octanol–water partition coefficient (Wildman–Crippen LogP) is 4.12. The Kier molecular flexibility index (Phi) is 18.1. The molecule has 1 fully saturated rings. The third-order valence-electron chi connectivity index (χ3n) is 11.7. The van der Waals surface area contributed by atoms with E-state index in [-0.39, 0.29) is 50.5 Å². The van der Waals surface area contributed by atoms with Crippen LogP contribution in [0, 0.1) is 0 Å². The SMILES string of the molecule is COCCOCC[N+](CCCS(=O)(=O)[O-])=c1ccc2c(C(C)(C)C)cc(/C=C/C=C3/N(CCCCCC(=O)ON4C(=O)CCC4=O)c4ccc(S(=O)(=O)[O-])cc4C3(C)CCCS(=O)(=O)[O-])oc-2c1. The Bertz CT molecular complexity index is 2760. The van der Waals surface area contributed by atoms with E-state index in [1.165, 1.54) is 18.2 Å². The second kappa shape index (κ2) is 22.7. The first kappa shape index (κ1) is 54.1. The lowest BCUT2D eigenvalue weighted by molar-refractivity contribution is -0.197. The van der Waals surface area contributed by atoms with Crippen LogP contribution in [-0.2, 0) is 69.9 Å². The Morgan fingerprint density at radius 1 is 0.853 bits per heavy atom. The molecule has 0 bridgehead atoms. The van der Waals surface area contributed by atoms with Crippen LogP contribution in [0.2, 0.25) is 0 Å². The van der Waals surface area contributed by atoms with Gasteiger partial charge in [-0.2, -0.15) is 0 Å². The van der Waals surface area contributed by atoms with Gasteiger partial charge in [-0.3, -0.25) is 9.59 Å². The number of hydrogen-bond donors (Lipinski definition) is 0. The van der Waals surface area contributed by atoms with E-state index < -0.39 is 70.0 Å². The monoisotopic (exact) mass is 1010 g/mol. The molecule has 0 radical (unpaired) electrons. The number of hydroxylamine groups is 2.